The van der Waals surface area contributed by atoms with Gasteiger partial charge in [-0.3, -0.25) is 0 Å². The number of aryl methyl sites for hydroxylation is 2. The molecule has 0 radical (unpaired) electrons. The van der Waals surface area contributed by atoms with Gasteiger partial charge in [-0.2, -0.15) is 0 Å². The molecule has 0 amide bonds. The van der Waals surface area contributed by atoms with Crippen molar-refractivity contribution in [3.05, 3.63) is 114 Å². The van der Waals surface area contributed by atoms with E-state index in [4.69, 9.17) is 4.98 Å². The first-order valence-corrected chi connectivity index (χ1v) is 16.3. The van der Waals surface area contributed by atoms with Crippen LogP contribution in [0.5, 0.6) is 0 Å². The molecule has 0 aliphatic heterocycles. The number of hydrogen-bond donors (Lipinski definition) is 2. The Hall–Kier alpha value is -4.43. The Morgan fingerprint density at radius 3 is 2.40 bits per heavy atom. The van der Waals surface area contributed by atoms with Crippen molar-refractivity contribution in [2.24, 2.45) is 0 Å². The van der Waals surface area contributed by atoms with Gasteiger partial charge in [0.1, 0.15) is 5.82 Å². The van der Waals surface area contributed by atoms with Crippen molar-refractivity contribution in [2.45, 2.75) is 51.0 Å². The summed E-state index contributed by atoms with van der Waals surface area (Å²) in [6, 6.07) is 28.2. The van der Waals surface area contributed by atoms with Crippen LogP contribution in [-0.2, 0) is 22.8 Å². The highest BCUT2D eigenvalue weighted by atomic mass is 32.2. The first-order chi connectivity index (χ1) is 20.7. The predicted molar refractivity (Wildman–Crippen MR) is 173 cm³/mol. The van der Waals surface area contributed by atoms with E-state index in [2.05, 4.69) is 22.9 Å². The third-order valence-electron chi connectivity index (χ3n) is 7.64. The van der Waals surface area contributed by atoms with Crippen LogP contribution in [0.2, 0.25) is 0 Å². The number of rotatable bonds is 13. The van der Waals surface area contributed by atoms with E-state index in [-0.39, 0.29) is 11.3 Å². The fraction of sp³-hybridized carbons (Fsp3) is 0.257. The van der Waals surface area contributed by atoms with E-state index in [1.807, 2.05) is 67.6 Å². The maximum absolute atomic E-state index is 12.7. The van der Waals surface area contributed by atoms with Gasteiger partial charge in [0.2, 0.25) is 0 Å². The minimum absolute atomic E-state index is 0.0807. The Morgan fingerprint density at radius 2 is 1.67 bits per heavy atom. The van der Waals surface area contributed by atoms with Crippen LogP contribution in [0.1, 0.15) is 53.5 Å². The number of fused-ring (bicyclic) bond motifs is 1. The molecule has 222 valence electrons. The second-order valence-corrected chi connectivity index (χ2v) is 13.0. The highest BCUT2D eigenvalue weighted by molar-refractivity contribution is 7.91. The summed E-state index contributed by atoms with van der Waals surface area (Å²) in [5.41, 5.74) is 6.82. The molecule has 1 heterocycles. The maximum Gasteiger partial charge on any atom is 0.336 e. The third kappa shape index (κ3) is 7.14. The topological polar surface area (TPSA) is 101 Å². The number of carbonyl (C=O) groups is 1. The van der Waals surface area contributed by atoms with Gasteiger partial charge in [0, 0.05) is 25.2 Å². The maximum atomic E-state index is 12.7. The Morgan fingerprint density at radius 1 is 0.930 bits per heavy atom. The molecule has 0 aliphatic carbocycles. The standard InChI is InChI=1S/C35H37N3O4S/c1-3-4-10-34-37-32-20-17-28(36-21-7-22-43(41,42)29-18-11-25(2)12-19-29)23-33(32)38(34)24-26-13-15-27(16-14-26)30-8-5-6-9-31(30)35(39)40/h5-6,8-9,11-20,23,36H,3-4,7,10,21-22,24H2,1-2H3,(H,39,40). The fourth-order valence-electron chi connectivity index (χ4n) is 5.24. The lowest BCUT2D eigenvalue weighted by Crippen LogP contribution is -2.12. The number of imidazole rings is 1. The summed E-state index contributed by atoms with van der Waals surface area (Å²) < 4.78 is 27.7. The van der Waals surface area contributed by atoms with E-state index < -0.39 is 15.8 Å². The smallest absolute Gasteiger partial charge is 0.336 e. The largest absolute Gasteiger partial charge is 0.478 e. The van der Waals surface area contributed by atoms with Crippen LogP contribution in [-0.4, -0.2) is 41.3 Å². The van der Waals surface area contributed by atoms with E-state index in [0.717, 1.165) is 58.5 Å². The molecule has 0 spiro atoms. The van der Waals surface area contributed by atoms with Crippen molar-refractivity contribution in [3.63, 3.8) is 0 Å². The van der Waals surface area contributed by atoms with Gasteiger partial charge in [0.05, 0.1) is 27.2 Å². The van der Waals surface area contributed by atoms with Crippen LogP contribution in [0.4, 0.5) is 5.69 Å². The average molecular weight is 596 g/mol. The SMILES string of the molecule is CCCCc1nc2ccc(NCCCS(=O)(=O)c3ccc(C)cc3)cc2n1Cc1ccc(-c2ccccc2C(=O)O)cc1. The van der Waals surface area contributed by atoms with Crippen LogP contribution in [0.3, 0.4) is 0 Å². The van der Waals surface area contributed by atoms with Gasteiger partial charge in [-0.25, -0.2) is 18.2 Å². The molecule has 0 bridgehead atoms. The normalized spacial score (nSPS) is 11.6. The lowest BCUT2D eigenvalue weighted by atomic mass is 9.99. The lowest BCUT2D eigenvalue weighted by molar-refractivity contribution is 0.0697. The molecule has 5 rings (SSSR count). The van der Waals surface area contributed by atoms with Crippen molar-refractivity contribution in [3.8, 4) is 11.1 Å². The Bertz CT molecular complexity index is 1830. The number of anilines is 1. The number of benzene rings is 4. The Balaban J connectivity index is 1.32. The number of nitrogens with zero attached hydrogens (tertiary/aromatic N) is 2. The first-order valence-electron chi connectivity index (χ1n) is 14.7. The molecule has 1 aromatic heterocycles. The molecular formula is C35H37N3O4S. The summed E-state index contributed by atoms with van der Waals surface area (Å²) in [6.45, 7) is 5.28. The van der Waals surface area contributed by atoms with Gasteiger partial charge in [0.15, 0.2) is 9.84 Å². The van der Waals surface area contributed by atoms with Gasteiger partial charge in [0.25, 0.3) is 0 Å². The van der Waals surface area contributed by atoms with E-state index in [9.17, 15) is 18.3 Å². The lowest BCUT2D eigenvalue weighted by Gasteiger charge is -2.12. The number of hydrogen-bond acceptors (Lipinski definition) is 5. The van der Waals surface area contributed by atoms with E-state index in [1.54, 1.807) is 24.3 Å². The van der Waals surface area contributed by atoms with Crippen molar-refractivity contribution in [2.75, 3.05) is 17.6 Å². The van der Waals surface area contributed by atoms with Crippen molar-refractivity contribution in [1.29, 1.82) is 0 Å². The molecule has 0 unspecified atom stereocenters. The van der Waals surface area contributed by atoms with Gasteiger partial charge in [-0.05, 0) is 72.9 Å². The molecule has 7 nitrogen and oxygen atoms in total. The van der Waals surface area contributed by atoms with Crippen LogP contribution in [0, 0.1) is 6.92 Å². The quantitative estimate of drug-likeness (QED) is 0.138. The second kappa shape index (κ2) is 13.3. The van der Waals surface area contributed by atoms with Crippen molar-refractivity contribution < 1.29 is 18.3 Å². The summed E-state index contributed by atoms with van der Waals surface area (Å²) in [6.07, 6.45) is 3.47. The average Bonchev–Trinajstić information content (AvgIpc) is 3.35. The summed E-state index contributed by atoms with van der Waals surface area (Å²) in [5.74, 6) is 0.165. The number of unbranched alkanes of at least 4 members (excludes halogenated alkanes) is 1. The highest BCUT2D eigenvalue weighted by Gasteiger charge is 2.15. The molecular weight excluding hydrogens is 558 g/mol. The number of aromatic nitrogens is 2. The summed E-state index contributed by atoms with van der Waals surface area (Å²) in [5, 5.41) is 13.0. The van der Waals surface area contributed by atoms with E-state index in [0.29, 0.717) is 30.0 Å². The van der Waals surface area contributed by atoms with Gasteiger partial charge >= 0.3 is 5.97 Å². The van der Waals surface area contributed by atoms with Crippen molar-refractivity contribution >= 4 is 32.5 Å². The zero-order chi connectivity index (χ0) is 30.4. The van der Waals surface area contributed by atoms with Gasteiger partial charge in [-0.15, -0.1) is 0 Å². The van der Waals surface area contributed by atoms with Crippen molar-refractivity contribution in [1.82, 2.24) is 9.55 Å². The Labute approximate surface area is 253 Å². The predicted octanol–water partition coefficient (Wildman–Crippen LogP) is 7.38. The fourth-order valence-corrected chi connectivity index (χ4v) is 6.55. The van der Waals surface area contributed by atoms with Crippen LogP contribution < -0.4 is 5.32 Å². The monoisotopic (exact) mass is 595 g/mol. The van der Waals surface area contributed by atoms with Crippen LogP contribution >= 0.6 is 0 Å². The molecule has 43 heavy (non-hydrogen) atoms. The van der Waals surface area contributed by atoms with Gasteiger partial charge in [-0.1, -0.05) is 73.5 Å². The molecule has 0 aliphatic rings. The second-order valence-electron chi connectivity index (χ2n) is 10.9. The molecule has 5 aromatic rings. The minimum Gasteiger partial charge on any atom is -0.478 e. The number of carboxylic acids is 1. The third-order valence-corrected chi connectivity index (χ3v) is 9.46. The molecule has 0 saturated heterocycles. The van der Waals surface area contributed by atoms with Crippen LogP contribution in [0.15, 0.2) is 95.9 Å². The minimum atomic E-state index is -3.32. The summed E-state index contributed by atoms with van der Waals surface area (Å²) >= 11 is 0. The number of nitrogens with one attached hydrogen (secondary N) is 1. The highest BCUT2D eigenvalue weighted by Crippen LogP contribution is 2.27. The van der Waals surface area contributed by atoms with Crippen LogP contribution in [0.25, 0.3) is 22.2 Å². The number of sulfone groups is 1. The Kier molecular flexibility index (Phi) is 9.26. The molecule has 8 heteroatoms. The summed E-state index contributed by atoms with van der Waals surface area (Å²) in [7, 11) is -3.32. The zero-order valence-electron chi connectivity index (χ0n) is 24.6. The van der Waals surface area contributed by atoms with E-state index >= 15 is 0 Å². The molecule has 0 atom stereocenters. The summed E-state index contributed by atoms with van der Waals surface area (Å²) in [4.78, 5) is 17.0. The molecule has 0 fully saturated rings. The first kappa shape index (κ1) is 30.0. The van der Waals surface area contributed by atoms with E-state index in [1.165, 1.54) is 0 Å². The molecule has 4 aromatic carbocycles. The molecule has 0 saturated carbocycles. The zero-order valence-corrected chi connectivity index (χ0v) is 25.4. The molecule has 2 N–H and O–H groups in total. The number of carboxylic acid groups (broad SMARTS) is 1. The number of aromatic carboxylic acids is 1. The van der Waals surface area contributed by atoms with Gasteiger partial charge < -0.3 is 15.0 Å².